The van der Waals surface area contributed by atoms with Crippen molar-refractivity contribution in [1.82, 2.24) is 4.90 Å². The van der Waals surface area contributed by atoms with Crippen LogP contribution in [0.4, 0.5) is 0 Å². The van der Waals surface area contributed by atoms with Gasteiger partial charge >= 0.3 is 0 Å². The molecule has 1 N–H and O–H groups in total. The molecule has 1 saturated heterocycles. The van der Waals surface area contributed by atoms with Gasteiger partial charge in [0.1, 0.15) is 12.4 Å². The maximum absolute atomic E-state index is 9.05. The van der Waals surface area contributed by atoms with Crippen molar-refractivity contribution < 1.29 is 9.84 Å². The molecule has 4 heteroatoms. The van der Waals surface area contributed by atoms with Gasteiger partial charge in [0.15, 0.2) is 0 Å². The highest BCUT2D eigenvalue weighted by molar-refractivity contribution is 6.30. The van der Waals surface area contributed by atoms with Crippen molar-refractivity contribution in [1.29, 1.82) is 0 Å². The molecule has 1 aromatic rings. The van der Waals surface area contributed by atoms with E-state index < -0.39 is 0 Å². The minimum absolute atomic E-state index is 0.297. The van der Waals surface area contributed by atoms with Crippen LogP contribution in [0, 0.1) is 5.92 Å². The van der Waals surface area contributed by atoms with E-state index >= 15 is 0 Å². The lowest BCUT2D eigenvalue weighted by Gasteiger charge is -2.15. The van der Waals surface area contributed by atoms with Crippen molar-refractivity contribution in [3.05, 3.63) is 29.3 Å². The van der Waals surface area contributed by atoms with Crippen LogP contribution in [0.2, 0.25) is 5.02 Å². The largest absolute Gasteiger partial charge is 0.492 e. The molecule has 94 valence electrons. The first kappa shape index (κ1) is 12.7. The van der Waals surface area contributed by atoms with E-state index in [0.717, 1.165) is 31.8 Å². The zero-order valence-electron chi connectivity index (χ0n) is 9.81. The van der Waals surface area contributed by atoms with Crippen molar-refractivity contribution in [3.63, 3.8) is 0 Å². The van der Waals surface area contributed by atoms with E-state index in [9.17, 15) is 0 Å². The first-order chi connectivity index (χ1) is 8.28. The number of aliphatic hydroxyl groups excluding tert-OH is 1. The molecule has 1 fully saturated rings. The normalized spacial score (nSPS) is 20.7. The molecule has 0 radical (unpaired) electrons. The Balaban J connectivity index is 1.70. The van der Waals surface area contributed by atoms with Crippen LogP contribution >= 0.6 is 11.6 Å². The molecule has 0 bridgehead atoms. The van der Waals surface area contributed by atoms with Crippen LogP contribution in [0.15, 0.2) is 24.3 Å². The molecule has 1 aliphatic rings. The third kappa shape index (κ3) is 3.87. The fourth-order valence-electron chi connectivity index (χ4n) is 2.11. The summed E-state index contributed by atoms with van der Waals surface area (Å²) in [6.07, 6.45) is 1.09. The third-order valence-electron chi connectivity index (χ3n) is 3.10. The smallest absolute Gasteiger partial charge is 0.120 e. The Morgan fingerprint density at radius 2 is 2.35 bits per heavy atom. The maximum Gasteiger partial charge on any atom is 0.120 e. The Hall–Kier alpha value is -0.770. The number of ether oxygens (including phenoxy) is 1. The second-order valence-electron chi connectivity index (χ2n) is 4.44. The molecule has 0 amide bonds. The molecule has 0 aliphatic carbocycles. The summed E-state index contributed by atoms with van der Waals surface area (Å²) >= 11 is 5.87. The van der Waals surface area contributed by atoms with E-state index in [0.29, 0.717) is 24.2 Å². The van der Waals surface area contributed by atoms with E-state index in [2.05, 4.69) is 4.90 Å². The molecule has 0 spiro atoms. The molecule has 3 nitrogen and oxygen atoms in total. The van der Waals surface area contributed by atoms with E-state index in [-0.39, 0.29) is 0 Å². The second kappa shape index (κ2) is 6.24. The fraction of sp³-hybridized carbons (Fsp3) is 0.538. The van der Waals surface area contributed by atoms with E-state index in [1.807, 2.05) is 24.3 Å². The molecule has 1 aliphatic heterocycles. The Bertz CT molecular complexity index is 359. The third-order valence-corrected chi connectivity index (χ3v) is 3.34. The fourth-order valence-corrected chi connectivity index (χ4v) is 2.29. The first-order valence-corrected chi connectivity index (χ1v) is 6.37. The Morgan fingerprint density at radius 1 is 1.47 bits per heavy atom. The van der Waals surface area contributed by atoms with Gasteiger partial charge in [0.2, 0.25) is 0 Å². The predicted octanol–water partition coefficient (Wildman–Crippen LogP) is 2.03. The van der Waals surface area contributed by atoms with Gasteiger partial charge < -0.3 is 9.84 Å². The number of aliphatic hydroxyl groups is 1. The van der Waals surface area contributed by atoms with Gasteiger partial charge in [-0.15, -0.1) is 0 Å². The Kier molecular flexibility index (Phi) is 4.66. The number of hydrogen-bond donors (Lipinski definition) is 1. The van der Waals surface area contributed by atoms with Gasteiger partial charge in [-0.1, -0.05) is 17.7 Å². The lowest BCUT2D eigenvalue weighted by molar-refractivity contribution is 0.204. The molecule has 1 heterocycles. The molecular weight excluding hydrogens is 238 g/mol. The van der Waals surface area contributed by atoms with Crippen LogP contribution < -0.4 is 4.74 Å². The summed E-state index contributed by atoms with van der Waals surface area (Å²) in [6.45, 7) is 3.91. The molecule has 0 aromatic heterocycles. The summed E-state index contributed by atoms with van der Waals surface area (Å²) in [5.74, 6) is 1.26. The quantitative estimate of drug-likeness (QED) is 0.874. The minimum Gasteiger partial charge on any atom is -0.492 e. The standard InChI is InChI=1S/C13H18ClNO2/c14-12-2-1-3-13(8-12)17-7-6-15-5-4-11(9-15)10-16/h1-3,8,11,16H,4-7,9-10H2. The van der Waals surface area contributed by atoms with Crippen molar-refractivity contribution in [2.75, 3.05) is 32.8 Å². The average Bonchev–Trinajstić information content (AvgIpc) is 2.77. The van der Waals surface area contributed by atoms with Crippen LogP contribution in [0.25, 0.3) is 0 Å². The average molecular weight is 256 g/mol. The zero-order valence-corrected chi connectivity index (χ0v) is 10.6. The summed E-state index contributed by atoms with van der Waals surface area (Å²) in [5, 5.41) is 9.74. The topological polar surface area (TPSA) is 32.7 Å². The molecule has 17 heavy (non-hydrogen) atoms. The first-order valence-electron chi connectivity index (χ1n) is 5.99. The molecule has 2 rings (SSSR count). The summed E-state index contributed by atoms with van der Waals surface area (Å²) in [7, 11) is 0. The highest BCUT2D eigenvalue weighted by Crippen LogP contribution is 2.18. The second-order valence-corrected chi connectivity index (χ2v) is 4.88. The monoisotopic (exact) mass is 255 g/mol. The summed E-state index contributed by atoms with van der Waals surface area (Å²) in [5.41, 5.74) is 0. The number of likely N-dealkylation sites (tertiary alicyclic amines) is 1. The van der Waals surface area contributed by atoms with E-state index in [1.165, 1.54) is 0 Å². The highest BCUT2D eigenvalue weighted by Gasteiger charge is 2.20. The number of rotatable bonds is 5. The van der Waals surface area contributed by atoms with Gasteiger partial charge in [0, 0.05) is 24.7 Å². The number of nitrogens with zero attached hydrogens (tertiary/aromatic N) is 1. The minimum atomic E-state index is 0.297. The zero-order chi connectivity index (χ0) is 12.1. The SMILES string of the molecule is OCC1CCN(CCOc2cccc(Cl)c2)C1. The van der Waals surface area contributed by atoms with Crippen molar-refractivity contribution in [2.24, 2.45) is 5.92 Å². The Labute approximate surface area is 107 Å². The van der Waals surface area contributed by atoms with Gasteiger partial charge in [0.25, 0.3) is 0 Å². The number of hydrogen-bond acceptors (Lipinski definition) is 3. The van der Waals surface area contributed by atoms with Crippen LogP contribution in [0.3, 0.4) is 0 Å². The van der Waals surface area contributed by atoms with Crippen LogP contribution in [0.1, 0.15) is 6.42 Å². The molecule has 1 aromatic carbocycles. The van der Waals surface area contributed by atoms with Crippen molar-refractivity contribution in [2.45, 2.75) is 6.42 Å². The predicted molar refractivity (Wildman–Crippen MR) is 68.6 cm³/mol. The summed E-state index contributed by atoms with van der Waals surface area (Å²) in [6, 6.07) is 7.45. The van der Waals surface area contributed by atoms with E-state index in [4.69, 9.17) is 21.4 Å². The summed E-state index contributed by atoms with van der Waals surface area (Å²) in [4.78, 5) is 2.32. The van der Waals surface area contributed by atoms with E-state index in [1.54, 1.807) is 0 Å². The Morgan fingerprint density at radius 3 is 3.06 bits per heavy atom. The van der Waals surface area contributed by atoms with Crippen LogP contribution in [0.5, 0.6) is 5.75 Å². The van der Waals surface area contributed by atoms with Crippen molar-refractivity contribution >= 4 is 11.6 Å². The molecular formula is C13H18ClNO2. The van der Waals surface area contributed by atoms with Crippen LogP contribution in [-0.4, -0.2) is 42.9 Å². The lowest BCUT2D eigenvalue weighted by atomic mass is 10.1. The van der Waals surface area contributed by atoms with Gasteiger partial charge in [-0.05, 0) is 37.1 Å². The molecule has 1 atom stereocenters. The van der Waals surface area contributed by atoms with Crippen molar-refractivity contribution in [3.8, 4) is 5.75 Å². The highest BCUT2D eigenvalue weighted by atomic mass is 35.5. The number of halogens is 1. The molecule has 1 unspecified atom stereocenters. The van der Waals surface area contributed by atoms with Gasteiger partial charge in [-0.3, -0.25) is 4.90 Å². The number of benzene rings is 1. The molecule has 0 saturated carbocycles. The summed E-state index contributed by atoms with van der Waals surface area (Å²) < 4.78 is 5.63. The maximum atomic E-state index is 9.05. The van der Waals surface area contributed by atoms with Gasteiger partial charge in [-0.25, -0.2) is 0 Å². The van der Waals surface area contributed by atoms with Gasteiger partial charge in [0.05, 0.1) is 0 Å². The van der Waals surface area contributed by atoms with Crippen LogP contribution in [-0.2, 0) is 0 Å². The van der Waals surface area contributed by atoms with Gasteiger partial charge in [-0.2, -0.15) is 0 Å². The lowest BCUT2D eigenvalue weighted by Crippen LogP contribution is -2.26.